The van der Waals surface area contributed by atoms with E-state index in [2.05, 4.69) is 5.32 Å². The number of carbonyl (C=O) groups excluding carboxylic acids is 1. The predicted octanol–water partition coefficient (Wildman–Crippen LogP) is 3.70. The molecule has 0 heterocycles. The lowest BCUT2D eigenvalue weighted by Gasteiger charge is -2.20. The second kappa shape index (κ2) is 8.02. The largest absolute Gasteiger partial charge is 0.388 e. The zero-order valence-corrected chi connectivity index (χ0v) is 13.7. The van der Waals surface area contributed by atoms with Crippen LogP contribution in [0.2, 0.25) is 0 Å². The summed E-state index contributed by atoms with van der Waals surface area (Å²) < 4.78 is 26.1. The maximum Gasteiger partial charge on any atom is 0.227 e. The van der Waals surface area contributed by atoms with Crippen molar-refractivity contribution in [3.63, 3.8) is 0 Å². The molecule has 0 radical (unpaired) electrons. The number of nitrogens with one attached hydrogen (secondary N) is 1. The van der Waals surface area contributed by atoms with E-state index in [0.717, 1.165) is 0 Å². The zero-order valence-electron chi connectivity index (χ0n) is 13.7. The van der Waals surface area contributed by atoms with E-state index in [1.165, 1.54) is 36.4 Å². The SMILES string of the molecule is CC(CC(O)c1ccc(F)cc1)NC(=O)C(C)c1cccc(F)c1. The lowest BCUT2D eigenvalue weighted by Crippen LogP contribution is -2.36. The normalized spacial score (nSPS) is 14.7. The molecule has 0 saturated heterocycles. The number of rotatable bonds is 6. The number of halogens is 2. The molecule has 0 bridgehead atoms. The summed E-state index contributed by atoms with van der Waals surface area (Å²) in [7, 11) is 0. The molecule has 5 heteroatoms. The molecule has 2 N–H and O–H groups in total. The van der Waals surface area contributed by atoms with Crippen LogP contribution >= 0.6 is 0 Å². The van der Waals surface area contributed by atoms with E-state index >= 15 is 0 Å². The number of hydrogen-bond donors (Lipinski definition) is 2. The summed E-state index contributed by atoms with van der Waals surface area (Å²) in [5.41, 5.74) is 1.19. The van der Waals surface area contributed by atoms with Crippen molar-refractivity contribution in [3.05, 3.63) is 71.3 Å². The Labute approximate surface area is 140 Å². The fourth-order valence-electron chi connectivity index (χ4n) is 2.51. The van der Waals surface area contributed by atoms with Gasteiger partial charge in [-0.2, -0.15) is 0 Å². The predicted molar refractivity (Wildman–Crippen MR) is 88.4 cm³/mol. The summed E-state index contributed by atoms with van der Waals surface area (Å²) in [4.78, 5) is 12.3. The molecule has 0 fully saturated rings. The van der Waals surface area contributed by atoms with E-state index in [1.807, 2.05) is 0 Å². The average Bonchev–Trinajstić information content (AvgIpc) is 2.54. The van der Waals surface area contributed by atoms with Gasteiger partial charge in [0.1, 0.15) is 11.6 Å². The van der Waals surface area contributed by atoms with Gasteiger partial charge in [-0.15, -0.1) is 0 Å². The van der Waals surface area contributed by atoms with Crippen LogP contribution < -0.4 is 5.32 Å². The molecule has 2 aromatic rings. The van der Waals surface area contributed by atoms with Crippen LogP contribution in [-0.2, 0) is 4.79 Å². The van der Waals surface area contributed by atoms with E-state index in [0.29, 0.717) is 17.5 Å². The summed E-state index contributed by atoms with van der Waals surface area (Å²) in [5, 5.41) is 13.0. The zero-order chi connectivity index (χ0) is 17.7. The number of amides is 1. The van der Waals surface area contributed by atoms with Crippen LogP contribution in [0.4, 0.5) is 8.78 Å². The molecule has 0 aromatic heterocycles. The molecule has 2 rings (SSSR count). The van der Waals surface area contributed by atoms with Gasteiger partial charge in [-0.25, -0.2) is 8.78 Å². The minimum absolute atomic E-state index is 0.237. The molecule has 3 unspecified atom stereocenters. The van der Waals surface area contributed by atoms with Crippen LogP contribution in [0.15, 0.2) is 48.5 Å². The molecule has 3 atom stereocenters. The fraction of sp³-hybridized carbons (Fsp3) is 0.316. The Hall–Kier alpha value is -2.27. The Balaban J connectivity index is 1.92. The first-order chi connectivity index (χ1) is 11.4. The molecule has 128 valence electrons. The van der Waals surface area contributed by atoms with Gasteiger partial charge in [-0.05, 0) is 55.7 Å². The van der Waals surface area contributed by atoms with E-state index in [4.69, 9.17) is 0 Å². The van der Waals surface area contributed by atoms with Gasteiger partial charge in [-0.1, -0.05) is 24.3 Å². The van der Waals surface area contributed by atoms with Crippen LogP contribution in [0.3, 0.4) is 0 Å². The molecular weight excluding hydrogens is 312 g/mol. The maximum absolute atomic E-state index is 13.3. The Morgan fingerprint density at radius 2 is 1.71 bits per heavy atom. The Bertz CT molecular complexity index is 688. The molecule has 0 aliphatic carbocycles. The van der Waals surface area contributed by atoms with Crippen LogP contribution in [0, 0.1) is 11.6 Å². The van der Waals surface area contributed by atoms with Crippen LogP contribution in [0.25, 0.3) is 0 Å². The van der Waals surface area contributed by atoms with E-state index in [9.17, 15) is 18.7 Å². The van der Waals surface area contributed by atoms with Gasteiger partial charge in [0.2, 0.25) is 5.91 Å². The van der Waals surface area contributed by atoms with Gasteiger partial charge in [0.25, 0.3) is 0 Å². The monoisotopic (exact) mass is 333 g/mol. The Morgan fingerprint density at radius 3 is 2.33 bits per heavy atom. The Kier molecular flexibility index (Phi) is 6.04. The molecular formula is C19H21F2NO2. The van der Waals surface area contributed by atoms with Crippen LogP contribution in [0.5, 0.6) is 0 Å². The highest BCUT2D eigenvalue weighted by Crippen LogP contribution is 2.20. The number of aliphatic hydroxyl groups is 1. The number of carbonyl (C=O) groups is 1. The number of benzene rings is 2. The molecule has 0 spiro atoms. The first-order valence-corrected chi connectivity index (χ1v) is 7.86. The quantitative estimate of drug-likeness (QED) is 0.847. The highest BCUT2D eigenvalue weighted by molar-refractivity contribution is 5.83. The number of hydrogen-bond acceptors (Lipinski definition) is 2. The van der Waals surface area contributed by atoms with Crippen molar-refractivity contribution in [1.29, 1.82) is 0 Å². The highest BCUT2D eigenvalue weighted by Gasteiger charge is 2.19. The van der Waals surface area contributed by atoms with Crippen molar-refractivity contribution in [2.75, 3.05) is 0 Å². The summed E-state index contributed by atoms with van der Waals surface area (Å²) >= 11 is 0. The van der Waals surface area contributed by atoms with Gasteiger partial charge in [-0.3, -0.25) is 4.79 Å². The third kappa shape index (κ3) is 4.86. The van der Waals surface area contributed by atoms with Crippen molar-refractivity contribution in [2.24, 2.45) is 0 Å². The standard InChI is InChI=1S/C19H21F2NO2/c1-12(10-18(23)14-6-8-16(20)9-7-14)22-19(24)13(2)15-4-3-5-17(21)11-15/h3-9,11-13,18,23H,10H2,1-2H3,(H,22,24). The average molecular weight is 333 g/mol. The molecule has 24 heavy (non-hydrogen) atoms. The highest BCUT2D eigenvalue weighted by atomic mass is 19.1. The topological polar surface area (TPSA) is 49.3 Å². The van der Waals surface area contributed by atoms with Crippen molar-refractivity contribution < 1.29 is 18.7 Å². The van der Waals surface area contributed by atoms with Crippen molar-refractivity contribution in [3.8, 4) is 0 Å². The summed E-state index contributed by atoms with van der Waals surface area (Å²) in [6.45, 7) is 3.48. The van der Waals surface area contributed by atoms with E-state index in [-0.39, 0.29) is 23.6 Å². The minimum atomic E-state index is -0.801. The van der Waals surface area contributed by atoms with Crippen LogP contribution in [-0.4, -0.2) is 17.1 Å². The van der Waals surface area contributed by atoms with Gasteiger partial charge >= 0.3 is 0 Å². The van der Waals surface area contributed by atoms with E-state index < -0.39 is 12.0 Å². The molecule has 1 amide bonds. The second-order valence-corrected chi connectivity index (χ2v) is 5.99. The fourth-order valence-corrected chi connectivity index (χ4v) is 2.51. The molecule has 0 aliphatic heterocycles. The first-order valence-electron chi connectivity index (χ1n) is 7.86. The van der Waals surface area contributed by atoms with Gasteiger partial charge < -0.3 is 10.4 Å². The van der Waals surface area contributed by atoms with Gasteiger partial charge in [0, 0.05) is 6.04 Å². The lowest BCUT2D eigenvalue weighted by atomic mass is 9.98. The summed E-state index contributed by atoms with van der Waals surface area (Å²) in [6, 6.07) is 11.3. The van der Waals surface area contributed by atoms with Gasteiger partial charge in [0.05, 0.1) is 12.0 Å². The smallest absolute Gasteiger partial charge is 0.227 e. The molecule has 2 aromatic carbocycles. The molecule has 3 nitrogen and oxygen atoms in total. The molecule has 0 saturated carbocycles. The third-order valence-electron chi connectivity index (χ3n) is 3.96. The Morgan fingerprint density at radius 1 is 1.04 bits per heavy atom. The molecule has 0 aliphatic rings. The number of aliphatic hydroxyl groups excluding tert-OH is 1. The van der Waals surface area contributed by atoms with Crippen LogP contribution in [0.1, 0.15) is 43.4 Å². The van der Waals surface area contributed by atoms with Crippen molar-refractivity contribution in [1.82, 2.24) is 5.32 Å². The summed E-state index contributed by atoms with van der Waals surface area (Å²) in [5.74, 6) is -1.48. The lowest BCUT2D eigenvalue weighted by molar-refractivity contribution is -0.123. The van der Waals surface area contributed by atoms with Crippen molar-refractivity contribution >= 4 is 5.91 Å². The third-order valence-corrected chi connectivity index (χ3v) is 3.96. The van der Waals surface area contributed by atoms with Crippen molar-refractivity contribution in [2.45, 2.75) is 38.3 Å². The minimum Gasteiger partial charge on any atom is -0.388 e. The second-order valence-electron chi connectivity index (χ2n) is 5.99. The summed E-state index contributed by atoms with van der Waals surface area (Å²) in [6.07, 6.45) is -0.502. The first kappa shape index (κ1) is 18.1. The van der Waals surface area contributed by atoms with Gasteiger partial charge in [0.15, 0.2) is 0 Å². The van der Waals surface area contributed by atoms with E-state index in [1.54, 1.807) is 26.0 Å². The maximum atomic E-state index is 13.3.